The Kier molecular flexibility index (Phi) is 3.52. The highest BCUT2D eigenvalue weighted by Gasteiger charge is 2.41. The van der Waals surface area contributed by atoms with Crippen molar-refractivity contribution >= 4 is 5.97 Å². The normalized spacial score (nSPS) is 11.7. The van der Waals surface area contributed by atoms with E-state index in [9.17, 15) is 18.0 Å². The van der Waals surface area contributed by atoms with Crippen LogP contribution >= 0.6 is 0 Å². The van der Waals surface area contributed by atoms with Gasteiger partial charge in [-0.25, -0.2) is 9.48 Å². The van der Waals surface area contributed by atoms with E-state index in [0.29, 0.717) is 15.8 Å². The van der Waals surface area contributed by atoms with Crippen molar-refractivity contribution in [2.45, 2.75) is 26.9 Å². The zero-order valence-corrected chi connectivity index (χ0v) is 11.6. The Balaban J connectivity index is 2.80. The van der Waals surface area contributed by atoms with Crippen LogP contribution in [0, 0.1) is 20.8 Å². The van der Waals surface area contributed by atoms with Crippen molar-refractivity contribution in [2.24, 2.45) is 0 Å². The first kappa shape index (κ1) is 15.1. The molecule has 4 nitrogen and oxygen atoms in total. The van der Waals surface area contributed by atoms with Crippen LogP contribution in [0.15, 0.2) is 18.3 Å². The monoisotopic (exact) mass is 298 g/mol. The average Bonchev–Trinajstić information content (AvgIpc) is 2.71. The van der Waals surface area contributed by atoms with Crippen molar-refractivity contribution in [2.75, 3.05) is 0 Å². The maximum absolute atomic E-state index is 13.2. The molecule has 1 aromatic carbocycles. The minimum Gasteiger partial charge on any atom is -0.478 e. The molecule has 1 N–H and O–H groups in total. The number of aromatic nitrogens is 2. The summed E-state index contributed by atoms with van der Waals surface area (Å²) in [7, 11) is 0. The second-order valence-corrected chi connectivity index (χ2v) is 4.87. The van der Waals surface area contributed by atoms with Gasteiger partial charge < -0.3 is 5.11 Å². The van der Waals surface area contributed by atoms with Crippen LogP contribution in [0.4, 0.5) is 13.2 Å². The fourth-order valence-electron chi connectivity index (χ4n) is 2.45. The molecule has 0 aliphatic heterocycles. The predicted octanol–water partition coefficient (Wildman–Crippen LogP) is 3.51. The van der Waals surface area contributed by atoms with Crippen LogP contribution in [0.5, 0.6) is 0 Å². The van der Waals surface area contributed by atoms with E-state index in [1.807, 2.05) is 6.92 Å². The summed E-state index contributed by atoms with van der Waals surface area (Å²) >= 11 is 0. The van der Waals surface area contributed by atoms with Gasteiger partial charge in [-0.1, -0.05) is 17.7 Å². The fourth-order valence-corrected chi connectivity index (χ4v) is 2.45. The van der Waals surface area contributed by atoms with Crippen molar-refractivity contribution in [3.63, 3.8) is 0 Å². The summed E-state index contributed by atoms with van der Waals surface area (Å²) in [6.45, 7) is 5.16. The van der Waals surface area contributed by atoms with E-state index in [1.54, 1.807) is 26.0 Å². The second-order valence-electron chi connectivity index (χ2n) is 4.87. The van der Waals surface area contributed by atoms with Gasteiger partial charge in [0.1, 0.15) is 5.56 Å². The Labute approximate surface area is 118 Å². The lowest BCUT2D eigenvalue weighted by molar-refractivity contribution is -0.143. The predicted molar refractivity (Wildman–Crippen MR) is 69.7 cm³/mol. The van der Waals surface area contributed by atoms with Gasteiger partial charge in [-0.3, -0.25) is 0 Å². The molecule has 0 aliphatic carbocycles. The second kappa shape index (κ2) is 4.91. The molecule has 0 radical (unpaired) electrons. The van der Waals surface area contributed by atoms with Gasteiger partial charge in [0.25, 0.3) is 0 Å². The van der Waals surface area contributed by atoms with Crippen molar-refractivity contribution < 1.29 is 23.1 Å². The molecule has 0 fully saturated rings. The first-order valence-corrected chi connectivity index (χ1v) is 6.09. The lowest BCUT2D eigenvalue weighted by atomic mass is 10.0. The van der Waals surface area contributed by atoms with Gasteiger partial charge in [0.15, 0.2) is 5.69 Å². The maximum Gasteiger partial charge on any atom is 0.434 e. The van der Waals surface area contributed by atoms with Crippen LogP contribution in [-0.4, -0.2) is 20.9 Å². The number of hydrogen-bond donors (Lipinski definition) is 1. The molecule has 2 rings (SSSR count). The van der Waals surface area contributed by atoms with Crippen LogP contribution in [0.2, 0.25) is 0 Å². The summed E-state index contributed by atoms with van der Waals surface area (Å²) in [6, 6.07) is 3.45. The Morgan fingerprint density at radius 1 is 1.19 bits per heavy atom. The highest BCUT2D eigenvalue weighted by molar-refractivity contribution is 5.89. The standard InChI is InChI=1S/C14H13F3N2O2/c1-7-4-8(2)11(9(3)5-7)19-12(14(15,16)17)10(6-18-19)13(20)21/h4-6H,1-3H3,(H,20,21). The number of carboxylic acids is 1. The number of rotatable bonds is 2. The summed E-state index contributed by atoms with van der Waals surface area (Å²) in [4.78, 5) is 11.0. The molecule has 112 valence electrons. The van der Waals surface area contributed by atoms with E-state index >= 15 is 0 Å². The molecule has 1 aromatic heterocycles. The molecule has 0 saturated heterocycles. The molecule has 21 heavy (non-hydrogen) atoms. The lowest BCUT2D eigenvalue weighted by Crippen LogP contribution is -2.18. The van der Waals surface area contributed by atoms with Crippen molar-refractivity contribution in [1.29, 1.82) is 0 Å². The SMILES string of the molecule is Cc1cc(C)c(-n2ncc(C(=O)O)c2C(F)(F)F)c(C)c1. The van der Waals surface area contributed by atoms with Gasteiger partial charge >= 0.3 is 12.1 Å². The minimum absolute atomic E-state index is 0.250. The van der Waals surface area contributed by atoms with Crippen LogP contribution in [-0.2, 0) is 6.18 Å². The summed E-state index contributed by atoms with van der Waals surface area (Å²) in [5, 5.41) is 12.6. The Bertz CT molecular complexity index is 694. The molecule has 0 saturated carbocycles. The molecule has 0 aliphatic rings. The molecule has 0 unspecified atom stereocenters. The lowest BCUT2D eigenvalue weighted by Gasteiger charge is -2.16. The Hall–Kier alpha value is -2.31. The van der Waals surface area contributed by atoms with Crippen LogP contribution in [0.25, 0.3) is 5.69 Å². The highest BCUT2D eigenvalue weighted by Crippen LogP contribution is 2.35. The largest absolute Gasteiger partial charge is 0.478 e. The average molecular weight is 298 g/mol. The Morgan fingerprint density at radius 3 is 2.14 bits per heavy atom. The number of aromatic carboxylic acids is 1. The van der Waals surface area contributed by atoms with Crippen molar-refractivity contribution in [3.05, 3.63) is 46.3 Å². The number of alkyl halides is 3. The van der Waals surface area contributed by atoms with E-state index in [0.717, 1.165) is 11.8 Å². The summed E-state index contributed by atoms with van der Waals surface area (Å²) in [5.74, 6) is -1.66. The molecule has 1 heterocycles. The zero-order valence-electron chi connectivity index (χ0n) is 11.6. The number of carbonyl (C=O) groups is 1. The first-order chi connectivity index (χ1) is 9.62. The van der Waals surface area contributed by atoms with Crippen molar-refractivity contribution in [3.8, 4) is 5.69 Å². The van der Waals surface area contributed by atoms with E-state index in [4.69, 9.17) is 5.11 Å². The number of benzene rings is 1. The Morgan fingerprint density at radius 2 is 1.71 bits per heavy atom. The minimum atomic E-state index is -4.81. The molecule has 0 spiro atoms. The van der Waals surface area contributed by atoms with E-state index in [-0.39, 0.29) is 5.69 Å². The molecule has 0 atom stereocenters. The molecular formula is C14H13F3N2O2. The summed E-state index contributed by atoms with van der Waals surface area (Å²) in [5.41, 5.74) is 0.219. The molecule has 0 amide bonds. The van der Waals surface area contributed by atoms with E-state index < -0.39 is 23.4 Å². The third-order valence-corrected chi connectivity index (χ3v) is 3.12. The van der Waals surface area contributed by atoms with Crippen LogP contribution in [0.3, 0.4) is 0 Å². The topological polar surface area (TPSA) is 55.1 Å². The molecule has 2 aromatic rings. The van der Waals surface area contributed by atoms with Crippen LogP contribution in [0.1, 0.15) is 32.7 Å². The van der Waals surface area contributed by atoms with Gasteiger partial charge in [0.05, 0.1) is 11.9 Å². The van der Waals surface area contributed by atoms with Crippen molar-refractivity contribution in [1.82, 2.24) is 9.78 Å². The third-order valence-electron chi connectivity index (χ3n) is 3.12. The number of halogens is 3. The maximum atomic E-state index is 13.2. The molecule has 7 heteroatoms. The van der Waals surface area contributed by atoms with E-state index in [2.05, 4.69) is 5.10 Å². The quantitative estimate of drug-likeness (QED) is 0.923. The number of hydrogen-bond acceptors (Lipinski definition) is 2. The summed E-state index contributed by atoms with van der Waals surface area (Å²) in [6.07, 6.45) is -4.09. The highest BCUT2D eigenvalue weighted by atomic mass is 19.4. The molecular weight excluding hydrogens is 285 g/mol. The third kappa shape index (κ3) is 2.63. The van der Waals surface area contributed by atoms with Gasteiger partial charge in [-0.05, 0) is 31.9 Å². The fraction of sp³-hybridized carbons (Fsp3) is 0.286. The van der Waals surface area contributed by atoms with Gasteiger partial charge in [-0.2, -0.15) is 18.3 Å². The summed E-state index contributed by atoms with van der Waals surface area (Å²) < 4.78 is 40.3. The van der Waals surface area contributed by atoms with Gasteiger partial charge in [-0.15, -0.1) is 0 Å². The van der Waals surface area contributed by atoms with E-state index in [1.165, 1.54) is 0 Å². The number of aryl methyl sites for hydroxylation is 3. The van der Waals surface area contributed by atoms with Gasteiger partial charge in [0.2, 0.25) is 0 Å². The zero-order chi connectivity index (χ0) is 15.9. The van der Waals surface area contributed by atoms with Crippen LogP contribution < -0.4 is 0 Å². The smallest absolute Gasteiger partial charge is 0.434 e. The first-order valence-electron chi connectivity index (χ1n) is 6.09. The number of nitrogens with zero attached hydrogens (tertiary/aromatic N) is 2. The molecule has 0 bridgehead atoms. The van der Waals surface area contributed by atoms with Gasteiger partial charge in [0, 0.05) is 0 Å². The number of carboxylic acid groups (broad SMARTS) is 1.